The molecule has 0 aliphatic carbocycles. The first-order valence-corrected chi connectivity index (χ1v) is 11.9. The Balaban J connectivity index is 1.39. The maximum absolute atomic E-state index is 13.1. The van der Waals surface area contributed by atoms with Gasteiger partial charge in [0.1, 0.15) is 11.5 Å². The van der Waals surface area contributed by atoms with Crippen LogP contribution in [-0.2, 0) is 21.5 Å². The van der Waals surface area contributed by atoms with Gasteiger partial charge in [0.25, 0.3) is 5.91 Å². The van der Waals surface area contributed by atoms with Crippen LogP contribution < -0.4 is 5.32 Å². The highest BCUT2D eigenvalue weighted by Gasteiger charge is 2.42. The number of nitrogens with zero attached hydrogens (tertiary/aromatic N) is 4. The van der Waals surface area contributed by atoms with Gasteiger partial charge in [0.05, 0.1) is 33.3 Å². The van der Waals surface area contributed by atoms with Crippen LogP contribution in [-0.4, -0.2) is 60.5 Å². The van der Waals surface area contributed by atoms with E-state index in [1.165, 1.54) is 12.3 Å². The first-order valence-electron chi connectivity index (χ1n) is 10.1. The van der Waals surface area contributed by atoms with Gasteiger partial charge in [-0.05, 0) is 37.8 Å². The fourth-order valence-electron chi connectivity index (χ4n) is 4.02. The van der Waals surface area contributed by atoms with E-state index in [1.54, 1.807) is 17.9 Å². The van der Waals surface area contributed by atoms with E-state index in [1.807, 2.05) is 0 Å². The van der Waals surface area contributed by atoms with Gasteiger partial charge in [0.2, 0.25) is 0 Å². The molecule has 0 bridgehead atoms. The van der Waals surface area contributed by atoms with E-state index in [0.29, 0.717) is 37.9 Å². The first-order chi connectivity index (χ1) is 14.8. The SMILES string of the molecule is Cn1cc(C(=O)NC2CCOC3(CCS(=O)(=NC(=O)c4ccc(F)cn4)CC3)C2)cn1. The number of carbonyl (C=O) groups is 2. The zero-order valence-corrected chi connectivity index (χ0v) is 17.9. The number of hydrogen-bond acceptors (Lipinski definition) is 6. The predicted octanol–water partition coefficient (Wildman–Crippen LogP) is 1.70. The fraction of sp³-hybridized carbons (Fsp3) is 0.500. The molecule has 2 aliphatic rings. The van der Waals surface area contributed by atoms with Crippen molar-refractivity contribution in [1.82, 2.24) is 20.1 Å². The third-order valence-corrected chi connectivity index (χ3v) is 7.93. The van der Waals surface area contributed by atoms with E-state index in [-0.39, 0.29) is 29.1 Å². The van der Waals surface area contributed by atoms with Crippen molar-refractivity contribution in [2.45, 2.75) is 37.3 Å². The number of carbonyl (C=O) groups excluding carboxylic acids is 2. The monoisotopic (exact) mass is 449 g/mol. The Kier molecular flexibility index (Phi) is 5.89. The molecule has 2 aromatic rings. The van der Waals surface area contributed by atoms with Gasteiger partial charge in [0.15, 0.2) is 0 Å². The zero-order chi connectivity index (χ0) is 22.1. The summed E-state index contributed by atoms with van der Waals surface area (Å²) >= 11 is 0. The predicted molar refractivity (Wildman–Crippen MR) is 110 cm³/mol. The van der Waals surface area contributed by atoms with Crippen LogP contribution in [0.25, 0.3) is 0 Å². The Hall–Kier alpha value is -2.66. The molecule has 2 aliphatic heterocycles. The van der Waals surface area contributed by atoms with Gasteiger partial charge in [-0.25, -0.2) is 13.6 Å². The second-order valence-corrected chi connectivity index (χ2v) is 10.6. The zero-order valence-electron chi connectivity index (χ0n) is 17.1. The average Bonchev–Trinajstić information content (AvgIpc) is 3.18. The fourth-order valence-corrected chi connectivity index (χ4v) is 6.18. The second-order valence-electron chi connectivity index (χ2n) is 8.04. The van der Waals surface area contributed by atoms with Crippen molar-refractivity contribution >= 4 is 21.5 Å². The number of aromatic nitrogens is 3. The lowest BCUT2D eigenvalue weighted by Gasteiger charge is -2.44. The van der Waals surface area contributed by atoms with Crippen molar-refractivity contribution in [3.05, 3.63) is 47.8 Å². The van der Waals surface area contributed by atoms with Crippen LogP contribution >= 0.6 is 0 Å². The van der Waals surface area contributed by atoms with Gasteiger partial charge in [-0.2, -0.15) is 9.46 Å². The van der Waals surface area contributed by atoms with Gasteiger partial charge in [-0.1, -0.05) is 0 Å². The Labute approximate surface area is 179 Å². The van der Waals surface area contributed by atoms with Crippen molar-refractivity contribution in [3.8, 4) is 0 Å². The summed E-state index contributed by atoms with van der Waals surface area (Å²) in [5, 5.41) is 7.06. The van der Waals surface area contributed by atoms with Crippen molar-refractivity contribution in [1.29, 1.82) is 0 Å². The van der Waals surface area contributed by atoms with E-state index in [9.17, 15) is 18.2 Å². The maximum Gasteiger partial charge on any atom is 0.303 e. The van der Waals surface area contributed by atoms with E-state index in [0.717, 1.165) is 12.3 Å². The summed E-state index contributed by atoms with van der Waals surface area (Å²) in [7, 11) is -0.989. The highest BCUT2D eigenvalue weighted by molar-refractivity contribution is 7.93. The Bertz CT molecular complexity index is 1090. The van der Waals surface area contributed by atoms with Crippen LogP contribution in [0.4, 0.5) is 4.39 Å². The summed E-state index contributed by atoms with van der Waals surface area (Å²) in [6, 6.07) is 2.29. The minimum Gasteiger partial charge on any atom is -0.375 e. The number of amides is 2. The van der Waals surface area contributed by atoms with Crippen LogP contribution in [0.3, 0.4) is 0 Å². The summed E-state index contributed by atoms with van der Waals surface area (Å²) in [6.45, 7) is 0.495. The summed E-state index contributed by atoms with van der Waals surface area (Å²) in [4.78, 5) is 28.4. The lowest BCUT2D eigenvalue weighted by Crippen LogP contribution is -2.51. The summed E-state index contributed by atoms with van der Waals surface area (Å²) in [5.41, 5.74) is -0.0171. The molecule has 0 saturated carbocycles. The van der Waals surface area contributed by atoms with Crippen molar-refractivity contribution in [2.75, 3.05) is 18.1 Å². The highest BCUT2D eigenvalue weighted by Crippen LogP contribution is 2.36. The van der Waals surface area contributed by atoms with Gasteiger partial charge in [-0.15, -0.1) is 0 Å². The quantitative estimate of drug-likeness (QED) is 0.763. The molecule has 4 rings (SSSR count). The molecule has 2 amide bonds. The molecule has 2 aromatic heterocycles. The Morgan fingerprint density at radius 1 is 1.32 bits per heavy atom. The molecule has 1 unspecified atom stereocenters. The number of rotatable bonds is 3. The van der Waals surface area contributed by atoms with Gasteiger partial charge in [-0.3, -0.25) is 14.3 Å². The van der Waals surface area contributed by atoms with E-state index < -0.39 is 27.1 Å². The average molecular weight is 450 g/mol. The third-order valence-electron chi connectivity index (χ3n) is 5.74. The smallest absolute Gasteiger partial charge is 0.303 e. The molecule has 2 saturated heterocycles. The normalized spacial score (nSPS) is 28.3. The minimum atomic E-state index is -2.74. The number of pyridine rings is 1. The molecule has 166 valence electrons. The van der Waals surface area contributed by atoms with E-state index >= 15 is 0 Å². The van der Waals surface area contributed by atoms with Crippen LogP contribution in [0, 0.1) is 5.82 Å². The van der Waals surface area contributed by atoms with Gasteiger partial charge in [0, 0.05) is 37.4 Å². The van der Waals surface area contributed by atoms with Crippen LogP contribution in [0.2, 0.25) is 0 Å². The molecule has 0 aromatic carbocycles. The molecule has 1 N–H and O–H groups in total. The summed E-state index contributed by atoms with van der Waals surface area (Å²) in [5.74, 6) is -0.985. The highest BCUT2D eigenvalue weighted by atomic mass is 32.2. The minimum absolute atomic E-state index is 0.0310. The molecule has 0 radical (unpaired) electrons. The number of hydrogen-bond donors (Lipinski definition) is 1. The van der Waals surface area contributed by atoms with Crippen LogP contribution in [0.5, 0.6) is 0 Å². The Morgan fingerprint density at radius 3 is 2.74 bits per heavy atom. The molecule has 1 spiro atoms. The maximum atomic E-state index is 13.1. The van der Waals surface area contributed by atoms with E-state index in [4.69, 9.17) is 4.74 Å². The molecule has 9 nitrogen and oxygen atoms in total. The van der Waals surface area contributed by atoms with Crippen molar-refractivity contribution < 1.29 is 22.9 Å². The molecular formula is C20H24FN5O4S. The van der Waals surface area contributed by atoms with Gasteiger partial charge < -0.3 is 10.1 Å². The third kappa shape index (κ3) is 4.99. The van der Waals surface area contributed by atoms with Crippen LogP contribution in [0.1, 0.15) is 46.5 Å². The molecule has 11 heteroatoms. The van der Waals surface area contributed by atoms with E-state index in [2.05, 4.69) is 19.8 Å². The molecule has 2 fully saturated rings. The van der Waals surface area contributed by atoms with Crippen molar-refractivity contribution in [2.24, 2.45) is 11.4 Å². The standard InChI is InChI=1S/C20H24FN5O4S/c1-26-13-14(11-23-26)18(27)24-16-4-7-30-20(10-16)5-8-31(29,9-6-20)25-19(28)17-3-2-15(21)12-22-17/h2-3,11-13,16H,4-10H2,1H3,(H,24,27). The van der Waals surface area contributed by atoms with Crippen molar-refractivity contribution in [3.63, 3.8) is 0 Å². The number of nitrogens with one attached hydrogen (secondary N) is 1. The summed E-state index contributed by atoms with van der Waals surface area (Å²) < 4.78 is 37.6. The topological polar surface area (TPSA) is 116 Å². The number of halogens is 1. The largest absolute Gasteiger partial charge is 0.375 e. The summed E-state index contributed by atoms with van der Waals surface area (Å²) in [6.07, 6.45) is 6.40. The lowest BCUT2D eigenvalue weighted by molar-refractivity contribution is -0.0924. The van der Waals surface area contributed by atoms with Gasteiger partial charge >= 0.3 is 5.91 Å². The molecule has 31 heavy (non-hydrogen) atoms. The number of aryl methyl sites for hydroxylation is 1. The molecule has 4 heterocycles. The Morgan fingerprint density at radius 2 is 2.10 bits per heavy atom. The van der Waals surface area contributed by atoms with Crippen LogP contribution in [0.15, 0.2) is 35.1 Å². The lowest BCUT2D eigenvalue weighted by atomic mass is 9.85. The number of ether oxygens (including phenoxy) is 1. The first kappa shape index (κ1) is 21.6. The second kappa shape index (κ2) is 8.46. The molecule has 1 atom stereocenters. The molecular weight excluding hydrogens is 425 g/mol.